The van der Waals surface area contributed by atoms with E-state index in [2.05, 4.69) is 114 Å². The number of rotatable bonds is 11. The number of hydrogen-bond donors (Lipinski definition) is 1. The molecule has 3 atom stereocenters. The summed E-state index contributed by atoms with van der Waals surface area (Å²) in [5.74, 6) is 0.871. The lowest BCUT2D eigenvalue weighted by molar-refractivity contribution is 0.234. The summed E-state index contributed by atoms with van der Waals surface area (Å²) < 4.78 is 12.9. The normalized spacial score (nSPS) is 14.7. The summed E-state index contributed by atoms with van der Waals surface area (Å²) in [6, 6.07) is 23.6. The highest BCUT2D eigenvalue weighted by atomic mass is 28.4. The number of phenolic OH excluding ortho intramolecular Hbond substituents is 1. The molecule has 0 unspecified atom stereocenters. The summed E-state index contributed by atoms with van der Waals surface area (Å²) in [6.45, 7) is 20.0. The molecule has 0 aromatic heterocycles. The lowest BCUT2D eigenvalue weighted by Gasteiger charge is -2.44. The zero-order chi connectivity index (χ0) is 28.8. The van der Waals surface area contributed by atoms with Crippen molar-refractivity contribution in [3.8, 4) is 11.5 Å². The Balaban J connectivity index is 2.11. The monoisotopic (exact) mass is 542 g/mol. The maximum atomic E-state index is 11.3. The van der Waals surface area contributed by atoms with Crippen LogP contribution in [0.2, 0.25) is 5.04 Å². The van der Waals surface area contributed by atoms with E-state index in [0.717, 1.165) is 16.7 Å². The van der Waals surface area contributed by atoms with E-state index >= 15 is 0 Å². The molecule has 0 saturated heterocycles. The highest BCUT2D eigenvalue weighted by Gasteiger charge is 2.50. The van der Waals surface area contributed by atoms with Crippen molar-refractivity contribution in [1.82, 2.24) is 0 Å². The number of hydrogen-bond acceptors (Lipinski definition) is 3. The first-order chi connectivity index (χ1) is 18.5. The minimum absolute atomic E-state index is 0.0126. The fourth-order valence-electron chi connectivity index (χ4n) is 6.01. The van der Waals surface area contributed by atoms with Crippen LogP contribution in [0.25, 0.3) is 0 Å². The standard InChI is InChI=1S/C35H46O3Si/c1-10-18-25(3)32-31(23-26(4)34(37-9)33(32)36)30(11-2)27(5)24-38-39(35(6,7)8,28-19-14-12-15-20-28)29-21-16-13-17-22-29/h10-23,25,27,30,36H,2,24H2,1,3-9H3/b18-10+/t25-,27-,30+/m0/s1. The van der Waals surface area contributed by atoms with Gasteiger partial charge in [-0.25, -0.2) is 0 Å². The van der Waals surface area contributed by atoms with Crippen LogP contribution in [0.5, 0.6) is 11.5 Å². The van der Waals surface area contributed by atoms with Crippen molar-refractivity contribution in [3.05, 3.63) is 108 Å². The molecule has 0 fully saturated rings. The minimum atomic E-state index is -2.67. The molecule has 0 aliphatic carbocycles. The van der Waals surface area contributed by atoms with Crippen LogP contribution in [0.3, 0.4) is 0 Å². The van der Waals surface area contributed by atoms with Gasteiger partial charge in [-0.3, -0.25) is 0 Å². The van der Waals surface area contributed by atoms with Gasteiger partial charge in [0.2, 0.25) is 0 Å². The summed E-state index contributed by atoms with van der Waals surface area (Å²) >= 11 is 0. The molecule has 3 aromatic rings. The Morgan fingerprint density at radius 2 is 1.51 bits per heavy atom. The summed E-state index contributed by atoms with van der Waals surface area (Å²) in [5.41, 5.74) is 2.87. The van der Waals surface area contributed by atoms with Gasteiger partial charge in [0.15, 0.2) is 11.5 Å². The van der Waals surface area contributed by atoms with Gasteiger partial charge in [-0.05, 0) is 46.3 Å². The molecule has 4 heteroatoms. The zero-order valence-electron chi connectivity index (χ0n) is 25.0. The quantitative estimate of drug-likeness (QED) is 0.198. The van der Waals surface area contributed by atoms with Crippen LogP contribution in [-0.4, -0.2) is 27.1 Å². The Hall–Kier alpha value is -3.08. The van der Waals surface area contributed by atoms with E-state index < -0.39 is 8.32 Å². The first-order valence-electron chi connectivity index (χ1n) is 13.9. The van der Waals surface area contributed by atoms with Crippen LogP contribution >= 0.6 is 0 Å². The van der Waals surface area contributed by atoms with E-state index in [0.29, 0.717) is 12.4 Å². The zero-order valence-corrected chi connectivity index (χ0v) is 26.0. The molecule has 3 aromatic carbocycles. The Morgan fingerprint density at radius 1 is 0.974 bits per heavy atom. The number of allylic oxidation sites excluding steroid dienone is 3. The van der Waals surface area contributed by atoms with E-state index in [9.17, 15) is 5.11 Å². The van der Waals surface area contributed by atoms with Crippen LogP contribution in [0, 0.1) is 12.8 Å². The van der Waals surface area contributed by atoms with E-state index in [-0.39, 0.29) is 28.5 Å². The fourth-order valence-corrected chi connectivity index (χ4v) is 10.7. The predicted octanol–water partition coefficient (Wildman–Crippen LogP) is 7.87. The SMILES string of the molecule is C=C[C@@H](c1cc(C)c(OC)c(O)c1[C@@H](C)/C=C/C)[C@@H](C)CO[Si](c1ccccc1)(c1ccccc1)C(C)(C)C. The molecule has 0 amide bonds. The lowest BCUT2D eigenvalue weighted by atomic mass is 9.80. The van der Waals surface area contributed by atoms with Crippen LogP contribution < -0.4 is 15.1 Å². The number of phenols is 1. The average Bonchev–Trinajstić information content (AvgIpc) is 2.90. The molecule has 0 bridgehead atoms. The van der Waals surface area contributed by atoms with Crippen molar-refractivity contribution in [2.24, 2.45) is 5.92 Å². The van der Waals surface area contributed by atoms with Crippen LogP contribution in [-0.2, 0) is 4.43 Å². The van der Waals surface area contributed by atoms with Crippen molar-refractivity contribution < 1.29 is 14.3 Å². The molecular formula is C35H46O3Si. The molecule has 39 heavy (non-hydrogen) atoms. The van der Waals surface area contributed by atoms with E-state index in [1.54, 1.807) is 7.11 Å². The lowest BCUT2D eigenvalue weighted by Crippen LogP contribution is -2.66. The van der Waals surface area contributed by atoms with Crippen LogP contribution in [0.1, 0.15) is 70.1 Å². The summed E-state index contributed by atoms with van der Waals surface area (Å²) in [6.07, 6.45) is 6.14. The van der Waals surface area contributed by atoms with Gasteiger partial charge in [0.25, 0.3) is 8.32 Å². The molecule has 3 rings (SSSR count). The number of benzene rings is 3. The van der Waals surface area contributed by atoms with Gasteiger partial charge in [-0.2, -0.15) is 0 Å². The molecule has 3 nitrogen and oxygen atoms in total. The third-order valence-corrected chi connectivity index (χ3v) is 12.9. The maximum absolute atomic E-state index is 11.3. The van der Waals surface area contributed by atoms with Gasteiger partial charge in [0.1, 0.15) is 0 Å². The number of aromatic hydroxyl groups is 1. The Morgan fingerprint density at radius 3 is 1.95 bits per heavy atom. The molecular weight excluding hydrogens is 496 g/mol. The Bertz CT molecular complexity index is 1220. The molecule has 0 spiro atoms. The maximum Gasteiger partial charge on any atom is 0.261 e. The van der Waals surface area contributed by atoms with Crippen molar-refractivity contribution in [2.45, 2.75) is 65.3 Å². The second kappa shape index (κ2) is 12.8. The molecule has 0 saturated carbocycles. The highest BCUT2D eigenvalue weighted by molar-refractivity contribution is 6.99. The number of aryl methyl sites for hydroxylation is 1. The molecule has 0 aliphatic heterocycles. The smallest absolute Gasteiger partial charge is 0.261 e. The Labute approximate surface area is 237 Å². The third-order valence-electron chi connectivity index (χ3n) is 7.86. The number of methoxy groups -OCH3 is 1. The molecule has 0 aliphatic rings. The van der Waals surface area contributed by atoms with Crippen LogP contribution in [0.15, 0.2) is 91.5 Å². The largest absolute Gasteiger partial charge is 0.504 e. The summed E-state index contributed by atoms with van der Waals surface area (Å²) in [5, 5.41) is 13.8. The fraction of sp³-hybridized carbons (Fsp3) is 0.371. The second-order valence-corrected chi connectivity index (χ2v) is 15.9. The van der Waals surface area contributed by atoms with Gasteiger partial charge >= 0.3 is 0 Å². The summed E-state index contributed by atoms with van der Waals surface area (Å²) in [4.78, 5) is 0. The molecule has 0 heterocycles. The average molecular weight is 543 g/mol. The minimum Gasteiger partial charge on any atom is -0.504 e. The number of ether oxygens (including phenoxy) is 1. The van der Waals surface area contributed by atoms with Crippen molar-refractivity contribution in [1.29, 1.82) is 0 Å². The van der Waals surface area contributed by atoms with Crippen molar-refractivity contribution >= 4 is 18.7 Å². The first-order valence-corrected chi connectivity index (χ1v) is 15.8. The van der Waals surface area contributed by atoms with Gasteiger partial charge in [0, 0.05) is 24.0 Å². The van der Waals surface area contributed by atoms with Crippen molar-refractivity contribution in [2.75, 3.05) is 13.7 Å². The summed E-state index contributed by atoms with van der Waals surface area (Å²) in [7, 11) is -1.06. The topological polar surface area (TPSA) is 38.7 Å². The first kappa shape index (κ1) is 30.5. The second-order valence-electron chi connectivity index (χ2n) is 11.6. The highest BCUT2D eigenvalue weighted by Crippen LogP contribution is 2.45. The molecule has 1 N–H and O–H groups in total. The molecule has 0 radical (unpaired) electrons. The predicted molar refractivity (Wildman–Crippen MR) is 168 cm³/mol. The van der Waals surface area contributed by atoms with E-state index in [4.69, 9.17) is 9.16 Å². The van der Waals surface area contributed by atoms with Gasteiger partial charge < -0.3 is 14.3 Å². The Kier molecular flexibility index (Phi) is 10.0. The van der Waals surface area contributed by atoms with Gasteiger partial charge in [-0.1, -0.05) is 120 Å². The molecule has 208 valence electrons. The van der Waals surface area contributed by atoms with Gasteiger partial charge in [-0.15, -0.1) is 6.58 Å². The van der Waals surface area contributed by atoms with E-state index in [1.165, 1.54) is 10.4 Å². The van der Waals surface area contributed by atoms with Crippen LogP contribution in [0.4, 0.5) is 0 Å². The van der Waals surface area contributed by atoms with Gasteiger partial charge in [0.05, 0.1) is 7.11 Å². The van der Waals surface area contributed by atoms with E-state index in [1.807, 2.05) is 26.0 Å². The third kappa shape index (κ3) is 6.07. The van der Waals surface area contributed by atoms with Crippen molar-refractivity contribution in [3.63, 3.8) is 0 Å².